The van der Waals surface area contributed by atoms with E-state index in [-0.39, 0.29) is 5.91 Å². The maximum absolute atomic E-state index is 12.8. The van der Waals surface area contributed by atoms with Gasteiger partial charge in [0.15, 0.2) is 5.65 Å². The number of amides is 1. The molecule has 5 heteroatoms. The van der Waals surface area contributed by atoms with Crippen LogP contribution in [0, 0.1) is 27.7 Å². The fourth-order valence-corrected chi connectivity index (χ4v) is 3.19. The Kier molecular flexibility index (Phi) is 4.43. The van der Waals surface area contributed by atoms with Gasteiger partial charge < -0.3 is 5.32 Å². The van der Waals surface area contributed by atoms with Gasteiger partial charge in [-0.15, -0.1) is 0 Å². The van der Waals surface area contributed by atoms with Crippen molar-refractivity contribution in [1.29, 1.82) is 0 Å². The van der Waals surface area contributed by atoms with E-state index in [0.717, 1.165) is 22.5 Å². The summed E-state index contributed by atoms with van der Waals surface area (Å²) in [6, 6.07) is 14.1. The van der Waals surface area contributed by atoms with Crippen LogP contribution in [0.3, 0.4) is 0 Å². The first-order chi connectivity index (χ1) is 13.4. The fraction of sp³-hybridized carbons (Fsp3) is 0.174. The first-order valence-corrected chi connectivity index (χ1v) is 9.23. The monoisotopic (exact) mass is 370 g/mol. The third-order valence-corrected chi connectivity index (χ3v) is 5.21. The summed E-state index contributed by atoms with van der Waals surface area (Å²) in [7, 11) is 0. The average Bonchev–Trinajstić information content (AvgIpc) is 3.11. The highest BCUT2D eigenvalue weighted by molar-refractivity contribution is 6.08. The van der Waals surface area contributed by atoms with Crippen molar-refractivity contribution in [3.8, 4) is 11.3 Å². The van der Waals surface area contributed by atoms with E-state index in [1.165, 1.54) is 16.7 Å². The molecule has 0 bridgehead atoms. The number of carbonyl (C=O) groups is 1. The number of nitrogens with zero attached hydrogens (tertiary/aromatic N) is 3. The van der Waals surface area contributed by atoms with Crippen LogP contribution in [0.2, 0.25) is 0 Å². The van der Waals surface area contributed by atoms with Gasteiger partial charge in [-0.2, -0.15) is 5.10 Å². The average molecular weight is 370 g/mol. The van der Waals surface area contributed by atoms with E-state index in [2.05, 4.69) is 47.4 Å². The molecule has 0 aliphatic carbocycles. The van der Waals surface area contributed by atoms with Crippen LogP contribution in [0.5, 0.6) is 0 Å². The van der Waals surface area contributed by atoms with Crippen molar-refractivity contribution in [2.75, 3.05) is 5.32 Å². The number of aryl methyl sites for hydroxylation is 4. The summed E-state index contributed by atoms with van der Waals surface area (Å²) in [5.41, 5.74) is 8.46. The van der Waals surface area contributed by atoms with Crippen molar-refractivity contribution in [2.24, 2.45) is 0 Å². The van der Waals surface area contributed by atoms with Crippen molar-refractivity contribution in [1.82, 2.24) is 14.6 Å². The molecule has 0 saturated heterocycles. The van der Waals surface area contributed by atoms with E-state index < -0.39 is 0 Å². The van der Waals surface area contributed by atoms with Gasteiger partial charge in [0.05, 0.1) is 11.9 Å². The Hall–Kier alpha value is -3.47. The van der Waals surface area contributed by atoms with Crippen LogP contribution in [0.1, 0.15) is 32.6 Å². The Balaban J connectivity index is 1.72. The molecule has 4 rings (SSSR count). The summed E-state index contributed by atoms with van der Waals surface area (Å²) in [6.45, 7) is 8.25. The van der Waals surface area contributed by atoms with Crippen molar-refractivity contribution >= 4 is 17.2 Å². The third-order valence-electron chi connectivity index (χ3n) is 5.21. The van der Waals surface area contributed by atoms with Crippen LogP contribution in [0.4, 0.5) is 5.69 Å². The zero-order valence-electron chi connectivity index (χ0n) is 16.4. The lowest BCUT2D eigenvalue weighted by Crippen LogP contribution is -2.12. The van der Waals surface area contributed by atoms with E-state index in [4.69, 9.17) is 0 Å². The summed E-state index contributed by atoms with van der Waals surface area (Å²) >= 11 is 0. The van der Waals surface area contributed by atoms with Gasteiger partial charge in [0.25, 0.3) is 5.91 Å². The third kappa shape index (κ3) is 3.16. The van der Waals surface area contributed by atoms with Gasteiger partial charge in [0.2, 0.25) is 0 Å². The molecule has 2 aromatic heterocycles. The maximum atomic E-state index is 12.8. The molecule has 0 spiro atoms. The predicted octanol–water partition coefficient (Wildman–Crippen LogP) is 4.88. The highest BCUT2D eigenvalue weighted by atomic mass is 16.1. The Morgan fingerprint density at radius 1 is 0.893 bits per heavy atom. The van der Waals surface area contributed by atoms with E-state index in [0.29, 0.717) is 11.2 Å². The largest absolute Gasteiger partial charge is 0.322 e. The minimum absolute atomic E-state index is 0.219. The Morgan fingerprint density at radius 2 is 1.61 bits per heavy atom. The van der Waals surface area contributed by atoms with Gasteiger partial charge in [-0.3, -0.25) is 4.79 Å². The minimum Gasteiger partial charge on any atom is -0.322 e. The standard InChI is InChI=1S/C23H22N4O/c1-14-5-7-18(11-16(14)3)21-9-10-24-22-20(13-25-27(21)22)23(28)26-19-8-6-15(2)17(4)12-19/h5-13H,1-4H3,(H,26,28). The zero-order valence-corrected chi connectivity index (χ0v) is 16.4. The number of aromatic nitrogens is 3. The van der Waals surface area contributed by atoms with Crippen molar-refractivity contribution in [2.45, 2.75) is 27.7 Å². The number of hydrogen-bond acceptors (Lipinski definition) is 3. The number of anilines is 1. The van der Waals surface area contributed by atoms with Gasteiger partial charge in [0, 0.05) is 17.4 Å². The second-order valence-corrected chi connectivity index (χ2v) is 7.18. The smallest absolute Gasteiger partial charge is 0.261 e. The van der Waals surface area contributed by atoms with Crippen LogP contribution < -0.4 is 5.32 Å². The number of carbonyl (C=O) groups excluding carboxylic acids is 1. The predicted molar refractivity (Wildman–Crippen MR) is 112 cm³/mol. The van der Waals surface area contributed by atoms with Gasteiger partial charge in [-0.05, 0) is 74.2 Å². The lowest BCUT2D eigenvalue weighted by molar-refractivity contribution is 0.102. The van der Waals surface area contributed by atoms with Crippen molar-refractivity contribution in [3.63, 3.8) is 0 Å². The van der Waals surface area contributed by atoms with E-state index >= 15 is 0 Å². The molecule has 140 valence electrons. The zero-order chi connectivity index (χ0) is 19.8. The number of fused-ring (bicyclic) bond motifs is 1. The fourth-order valence-electron chi connectivity index (χ4n) is 3.19. The molecule has 0 atom stereocenters. The number of benzene rings is 2. The molecule has 5 nitrogen and oxygen atoms in total. The number of nitrogens with one attached hydrogen (secondary N) is 1. The first kappa shape index (κ1) is 17.9. The molecular weight excluding hydrogens is 348 g/mol. The molecule has 0 fully saturated rings. The Bertz CT molecular complexity index is 1210. The molecule has 0 saturated carbocycles. The molecular formula is C23H22N4O. The number of hydrogen-bond donors (Lipinski definition) is 1. The lowest BCUT2D eigenvalue weighted by Gasteiger charge is -2.08. The second kappa shape index (κ2) is 6.93. The topological polar surface area (TPSA) is 59.3 Å². The molecule has 1 N–H and O–H groups in total. The molecule has 0 aliphatic rings. The lowest BCUT2D eigenvalue weighted by atomic mass is 10.0. The molecule has 1 amide bonds. The van der Waals surface area contributed by atoms with Gasteiger partial charge in [-0.1, -0.05) is 18.2 Å². The molecule has 0 unspecified atom stereocenters. The van der Waals surface area contributed by atoms with Crippen LogP contribution in [0.25, 0.3) is 16.9 Å². The van der Waals surface area contributed by atoms with Gasteiger partial charge >= 0.3 is 0 Å². The highest BCUT2D eigenvalue weighted by Crippen LogP contribution is 2.24. The maximum Gasteiger partial charge on any atom is 0.261 e. The van der Waals surface area contributed by atoms with Gasteiger partial charge in [0.1, 0.15) is 5.56 Å². The van der Waals surface area contributed by atoms with Crippen LogP contribution in [0.15, 0.2) is 54.9 Å². The summed E-state index contributed by atoms with van der Waals surface area (Å²) in [6.07, 6.45) is 3.29. The van der Waals surface area contributed by atoms with Crippen molar-refractivity contribution in [3.05, 3.63) is 82.7 Å². The SMILES string of the molecule is Cc1ccc(NC(=O)c2cnn3c(-c4ccc(C)c(C)c4)ccnc23)cc1C. The Labute approximate surface area is 164 Å². The number of rotatable bonds is 3. The quantitative estimate of drug-likeness (QED) is 0.559. The molecule has 28 heavy (non-hydrogen) atoms. The summed E-state index contributed by atoms with van der Waals surface area (Å²) in [4.78, 5) is 17.2. The molecule has 0 aliphatic heterocycles. The Morgan fingerprint density at radius 3 is 2.32 bits per heavy atom. The summed E-state index contributed by atoms with van der Waals surface area (Å²) in [5.74, 6) is -0.219. The first-order valence-electron chi connectivity index (χ1n) is 9.23. The van der Waals surface area contributed by atoms with Crippen LogP contribution in [-0.4, -0.2) is 20.5 Å². The van der Waals surface area contributed by atoms with E-state index in [9.17, 15) is 4.79 Å². The van der Waals surface area contributed by atoms with Gasteiger partial charge in [-0.25, -0.2) is 9.50 Å². The molecule has 2 heterocycles. The highest BCUT2D eigenvalue weighted by Gasteiger charge is 2.16. The summed E-state index contributed by atoms with van der Waals surface area (Å²) in [5, 5.41) is 7.38. The molecule has 0 radical (unpaired) electrons. The van der Waals surface area contributed by atoms with E-state index in [1.54, 1.807) is 16.9 Å². The molecule has 2 aromatic carbocycles. The summed E-state index contributed by atoms with van der Waals surface area (Å²) < 4.78 is 1.72. The van der Waals surface area contributed by atoms with E-state index in [1.807, 2.05) is 38.1 Å². The van der Waals surface area contributed by atoms with Crippen LogP contribution >= 0.6 is 0 Å². The second-order valence-electron chi connectivity index (χ2n) is 7.18. The normalized spacial score (nSPS) is 11.0. The molecule has 4 aromatic rings. The van der Waals surface area contributed by atoms with Crippen molar-refractivity contribution < 1.29 is 4.79 Å². The minimum atomic E-state index is -0.219. The van der Waals surface area contributed by atoms with Crippen LogP contribution in [-0.2, 0) is 0 Å².